The fraction of sp³-hybridized carbons (Fsp3) is 0.0435. The molecule has 1 aromatic heterocycles. The van der Waals surface area contributed by atoms with Crippen LogP contribution in [0.2, 0.25) is 0 Å². The summed E-state index contributed by atoms with van der Waals surface area (Å²) in [5, 5.41) is 4.23. The Bertz CT molecular complexity index is 1080. The van der Waals surface area contributed by atoms with Crippen molar-refractivity contribution in [2.24, 2.45) is 0 Å². The molecule has 1 aliphatic heterocycles. The predicted molar refractivity (Wildman–Crippen MR) is 112 cm³/mol. The average Bonchev–Trinajstić information content (AvgIpc) is 2.73. The first-order valence-electron chi connectivity index (χ1n) is 8.95. The van der Waals surface area contributed by atoms with E-state index in [4.69, 9.17) is 9.47 Å². The number of fused-ring (bicyclic) bond motifs is 2. The van der Waals surface area contributed by atoms with Crippen LogP contribution in [0.5, 0.6) is 11.5 Å². The van der Waals surface area contributed by atoms with Gasteiger partial charge < -0.3 is 14.8 Å². The summed E-state index contributed by atoms with van der Waals surface area (Å²) in [6, 6.07) is 13.5. The van der Waals surface area contributed by atoms with Crippen molar-refractivity contribution in [3.63, 3.8) is 0 Å². The first-order chi connectivity index (χ1) is 13.9. The number of allylic oxidation sites excluding steroid dienone is 6. The average molecular weight is 369 g/mol. The molecule has 0 atom stereocenters. The summed E-state index contributed by atoms with van der Waals surface area (Å²) < 4.78 is 11.6. The molecule has 28 heavy (non-hydrogen) atoms. The fourth-order valence-corrected chi connectivity index (χ4v) is 2.72. The second kappa shape index (κ2) is 8.68. The number of nitrogens with one attached hydrogen (secondary N) is 1. The lowest BCUT2D eigenvalue weighted by Crippen LogP contribution is -1.99. The molecule has 1 aliphatic rings. The minimum Gasteiger partial charge on any atom is -0.490 e. The van der Waals surface area contributed by atoms with Gasteiger partial charge in [0.2, 0.25) is 0 Å². The first-order valence-corrected chi connectivity index (χ1v) is 8.95. The van der Waals surface area contributed by atoms with Crippen LogP contribution in [0.25, 0.3) is 10.9 Å². The van der Waals surface area contributed by atoms with Crippen molar-refractivity contribution in [2.45, 2.75) is 0 Å². The van der Waals surface area contributed by atoms with E-state index >= 15 is 0 Å². The van der Waals surface area contributed by atoms with Gasteiger partial charge in [-0.15, -0.1) is 0 Å². The van der Waals surface area contributed by atoms with Crippen LogP contribution in [0, 0.1) is 0 Å². The van der Waals surface area contributed by atoms with Gasteiger partial charge in [-0.3, -0.25) is 0 Å². The van der Waals surface area contributed by atoms with Crippen LogP contribution in [0.4, 0.5) is 11.5 Å². The first kappa shape index (κ1) is 17.5. The van der Waals surface area contributed by atoms with Crippen molar-refractivity contribution in [3.05, 3.63) is 97.6 Å². The topological polar surface area (TPSA) is 56.3 Å². The summed E-state index contributed by atoms with van der Waals surface area (Å²) in [5.74, 6) is 2.15. The molecule has 1 N–H and O–H groups in total. The van der Waals surface area contributed by atoms with Crippen LogP contribution in [0.1, 0.15) is 0 Å². The van der Waals surface area contributed by atoms with Gasteiger partial charge in [0.25, 0.3) is 0 Å². The number of hydrogen-bond donors (Lipinski definition) is 1. The van der Waals surface area contributed by atoms with Crippen LogP contribution >= 0.6 is 0 Å². The second-order valence-electron chi connectivity index (χ2n) is 5.98. The van der Waals surface area contributed by atoms with Crippen LogP contribution in [0.3, 0.4) is 0 Å². The molecule has 5 nitrogen and oxygen atoms in total. The zero-order valence-corrected chi connectivity index (χ0v) is 15.2. The Morgan fingerprint density at radius 1 is 0.857 bits per heavy atom. The summed E-state index contributed by atoms with van der Waals surface area (Å²) in [7, 11) is 0. The summed E-state index contributed by atoms with van der Waals surface area (Å²) >= 11 is 0. The van der Waals surface area contributed by atoms with Crippen LogP contribution in [-0.4, -0.2) is 16.6 Å². The maximum atomic E-state index is 5.82. The van der Waals surface area contributed by atoms with Crippen molar-refractivity contribution in [1.29, 1.82) is 0 Å². The van der Waals surface area contributed by atoms with Crippen LogP contribution in [0.15, 0.2) is 97.6 Å². The highest BCUT2D eigenvalue weighted by Crippen LogP contribution is 2.31. The lowest BCUT2D eigenvalue weighted by molar-refractivity contribution is 0.363. The number of para-hydroxylation sites is 2. The SMILES string of the molecule is C1=C/C=C\COc2ccc3ncnc(c3c2)Nc2ccccc2O/C=C\C=C1. The molecule has 0 radical (unpaired) electrons. The predicted octanol–water partition coefficient (Wildman–Crippen LogP) is 5.33. The third-order valence-corrected chi connectivity index (χ3v) is 4.06. The van der Waals surface area contributed by atoms with Gasteiger partial charge in [0.1, 0.15) is 30.3 Å². The Morgan fingerprint density at radius 3 is 2.68 bits per heavy atom. The Hall–Kier alpha value is -3.86. The molecular formula is C23H19N3O2. The number of nitrogens with zero attached hydrogens (tertiary/aromatic N) is 2. The molecule has 2 bridgehead atoms. The van der Waals surface area contributed by atoms with E-state index in [1.807, 2.05) is 85.0 Å². The Labute approximate surface area is 163 Å². The summed E-state index contributed by atoms with van der Waals surface area (Å²) in [4.78, 5) is 8.76. The molecule has 4 rings (SSSR count). The van der Waals surface area contributed by atoms with E-state index in [0.717, 1.165) is 22.3 Å². The van der Waals surface area contributed by atoms with Crippen molar-refractivity contribution in [2.75, 3.05) is 11.9 Å². The van der Waals surface area contributed by atoms with Gasteiger partial charge in [0.15, 0.2) is 0 Å². The molecule has 0 aliphatic carbocycles. The summed E-state index contributed by atoms with van der Waals surface area (Å²) in [6.45, 7) is 0.479. The number of anilines is 2. The second-order valence-corrected chi connectivity index (χ2v) is 5.98. The number of aromatic nitrogens is 2. The minimum atomic E-state index is 0.479. The highest BCUT2D eigenvalue weighted by atomic mass is 16.5. The summed E-state index contributed by atoms with van der Waals surface area (Å²) in [5.41, 5.74) is 1.65. The monoisotopic (exact) mass is 369 g/mol. The van der Waals surface area contributed by atoms with E-state index in [2.05, 4.69) is 15.3 Å². The molecule has 0 amide bonds. The third kappa shape index (κ3) is 4.27. The van der Waals surface area contributed by atoms with E-state index in [9.17, 15) is 0 Å². The standard InChI is InChI=1S/C23H19N3O2/c1-2-4-8-14-27-18-12-13-20-19(16-18)23(25-17-24-20)26-21-10-6-7-11-22(21)28-15-9-5-3-1/h1-13,15-17H,14H2,(H,24,25,26)/b2-1?,5-3?,8-4-,15-9-. The van der Waals surface area contributed by atoms with Crippen LogP contribution < -0.4 is 14.8 Å². The maximum Gasteiger partial charge on any atom is 0.149 e. The van der Waals surface area contributed by atoms with Crippen molar-refractivity contribution < 1.29 is 9.47 Å². The minimum absolute atomic E-state index is 0.479. The number of rotatable bonds is 0. The Balaban J connectivity index is 1.75. The van der Waals surface area contributed by atoms with E-state index in [1.165, 1.54) is 0 Å². The normalized spacial score (nSPS) is 16.1. The number of ether oxygens (including phenoxy) is 2. The molecule has 2 aromatic carbocycles. The van der Waals surface area contributed by atoms with Gasteiger partial charge in [0.05, 0.1) is 17.5 Å². The smallest absolute Gasteiger partial charge is 0.149 e. The number of hydrogen-bond acceptors (Lipinski definition) is 5. The maximum absolute atomic E-state index is 5.82. The van der Waals surface area contributed by atoms with E-state index in [-0.39, 0.29) is 0 Å². The molecule has 138 valence electrons. The third-order valence-electron chi connectivity index (χ3n) is 4.06. The number of benzene rings is 2. The van der Waals surface area contributed by atoms with Gasteiger partial charge >= 0.3 is 0 Å². The Morgan fingerprint density at radius 2 is 1.71 bits per heavy atom. The van der Waals surface area contributed by atoms with E-state index < -0.39 is 0 Å². The van der Waals surface area contributed by atoms with Gasteiger partial charge in [-0.05, 0) is 42.5 Å². The summed E-state index contributed by atoms with van der Waals surface area (Å²) in [6.07, 6.45) is 16.6. The Kier molecular flexibility index (Phi) is 5.44. The van der Waals surface area contributed by atoms with Gasteiger partial charge in [0, 0.05) is 5.39 Å². The molecule has 5 heteroatoms. The van der Waals surface area contributed by atoms with Crippen molar-refractivity contribution in [3.8, 4) is 11.5 Å². The molecule has 0 saturated heterocycles. The largest absolute Gasteiger partial charge is 0.490 e. The molecule has 3 aromatic rings. The molecular weight excluding hydrogens is 350 g/mol. The van der Waals surface area contributed by atoms with Gasteiger partial charge in [-0.25, -0.2) is 9.97 Å². The molecule has 0 unspecified atom stereocenters. The molecule has 2 heterocycles. The fourth-order valence-electron chi connectivity index (χ4n) is 2.72. The van der Waals surface area contributed by atoms with Gasteiger partial charge in [-0.1, -0.05) is 42.5 Å². The molecule has 0 fully saturated rings. The van der Waals surface area contributed by atoms with Crippen molar-refractivity contribution in [1.82, 2.24) is 9.97 Å². The highest BCUT2D eigenvalue weighted by Gasteiger charge is 2.09. The highest BCUT2D eigenvalue weighted by molar-refractivity contribution is 5.92. The molecule has 0 spiro atoms. The van der Waals surface area contributed by atoms with E-state index in [0.29, 0.717) is 18.2 Å². The van der Waals surface area contributed by atoms with Crippen molar-refractivity contribution >= 4 is 22.4 Å². The zero-order valence-electron chi connectivity index (χ0n) is 15.2. The van der Waals surface area contributed by atoms with Crippen LogP contribution in [-0.2, 0) is 0 Å². The van der Waals surface area contributed by atoms with E-state index in [1.54, 1.807) is 12.6 Å². The quantitative estimate of drug-likeness (QED) is 0.581. The molecule has 0 saturated carbocycles. The lowest BCUT2D eigenvalue weighted by atomic mass is 10.2. The van der Waals surface area contributed by atoms with Gasteiger partial charge in [-0.2, -0.15) is 0 Å². The zero-order chi connectivity index (χ0) is 19.0. The lowest BCUT2D eigenvalue weighted by Gasteiger charge is -2.12.